The number of hydrogen-bond donors (Lipinski definition) is 2. The van der Waals surface area contributed by atoms with Crippen molar-refractivity contribution in [2.45, 2.75) is 205 Å². The second kappa shape index (κ2) is 61.2. The fourth-order valence-corrected chi connectivity index (χ4v) is 3.93. The van der Waals surface area contributed by atoms with Crippen molar-refractivity contribution < 1.29 is 66.2 Å². The van der Waals surface area contributed by atoms with Crippen molar-refractivity contribution in [3.63, 3.8) is 0 Å². The molecule has 1 aromatic rings. The van der Waals surface area contributed by atoms with Crippen LogP contribution in [0, 0.1) is 77.6 Å². The van der Waals surface area contributed by atoms with Gasteiger partial charge in [-0.05, 0) is 37.5 Å². The monoisotopic (exact) mass is 1210 g/mol. The number of imide groups is 1. The second-order valence-corrected chi connectivity index (χ2v) is 14.2. The van der Waals surface area contributed by atoms with Crippen molar-refractivity contribution >= 4 is 17.5 Å². The van der Waals surface area contributed by atoms with Crippen LogP contribution in [-0.2, 0) is 56.6 Å². The van der Waals surface area contributed by atoms with Crippen molar-refractivity contribution in [2.75, 3.05) is 19.6 Å². The maximum absolute atomic E-state index is 11.5. The summed E-state index contributed by atoms with van der Waals surface area (Å²) in [5, 5.41) is 18.7. The molecule has 3 aliphatic rings. The van der Waals surface area contributed by atoms with Crippen molar-refractivity contribution in [1.82, 2.24) is 15.4 Å². The number of rotatable bonds is 5. The Hall–Kier alpha value is -0.883. The summed E-state index contributed by atoms with van der Waals surface area (Å²) in [5.74, 6) is 3.23. The predicted molar refractivity (Wildman–Crippen MR) is 267 cm³/mol. The molecule has 0 aromatic carbocycles. The van der Waals surface area contributed by atoms with Crippen LogP contribution in [0.5, 0.6) is 0 Å². The molecule has 3 aliphatic heterocycles. The van der Waals surface area contributed by atoms with E-state index in [1.165, 1.54) is 5.71 Å². The fourth-order valence-electron chi connectivity index (χ4n) is 3.93. The molecule has 0 saturated carbocycles. The quantitative estimate of drug-likeness (QED) is 0.223. The number of nitrogens with zero attached hydrogens (tertiary/aromatic N) is 3. The summed E-state index contributed by atoms with van der Waals surface area (Å²) in [4.78, 5) is 29.8. The number of aliphatic hydroxyl groups is 1. The summed E-state index contributed by atoms with van der Waals surface area (Å²) in [6.45, 7) is 63.7. The minimum absolute atomic E-state index is 0. The normalized spacial score (nSPS) is 14.4. The van der Waals surface area contributed by atoms with Gasteiger partial charge in [-0.3, -0.25) is 14.9 Å². The van der Waals surface area contributed by atoms with E-state index in [1.807, 2.05) is 89.2 Å². The van der Waals surface area contributed by atoms with E-state index in [9.17, 15) is 9.59 Å². The number of carbonyl (C=O) groups excluding carboxylic acids is 2. The van der Waals surface area contributed by atoms with Gasteiger partial charge in [0.15, 0.2) is 0 Å². The number of carbonyl (C=O) groups is 2. The van der Waals surface area contributed by atoms with E-state index in [2.05, 4.69) is 117 Å². The number of likely N-dealkylation sites (tertiary alicyclic amines) is 1. The third kappa shape index (κ3) is 57.1. The molecule has 11 heteroatoms. The van der Waals surface area contributed by atoms with E-state index in [1.54, 1.807) is 0 Å². The minimum Gasteiger partial charge on any atom is -0.425 e. The third-order valence-corrected chi connectivity index (χ3v) is 6.43. The Kier molecular flexibility index (Phi) is 91.0. The first kappa shape index (κ1) is 90.7. The van der Waals surface area contributed by atoms with Crippen molar-refractivity contribution in [1.29, 1.82) is 0 Å². The van der Waals surface area contributed by atoms with Crippen LogP contribution in [0.1, 0.15) is 197 Å². The summed E-state index contributed by atoms with van der Waals surface area (Å²) < 4.78 is 4.88. The van der Waals surface area contributed by atoms with Gasteiger partial charge in [0, 0.05) is 80.7 Å². The Balaban J connectivity index is -0.0000000463. The maximum Gasteiger partial charge on any atom is 0.235 e. The largest absolute Gasteiger partial charge is 0.425 e. The fraction of sp³-hybridized carbons (Fsp3) is 0.760. The first-order chi connectivity index (χ1) is 26.1. The molecule has 2 N–H and O–H groups in total. The second-order valence-electron chi connectivity index (χ2n) is 14.2. The van der Waals surface area contributed by atoms with Gasteiger partial charge in [-0.15, -0.1) is 0 Å². The van der Waals surface area contributed by atoms with E-state index in [-0.39, 0.29) is 81.6 Å². The van der Waals surface area contributed by atoms with Gasteiger partial charge in [0.2, 0.25) is 11.8 Å². The summed E-state index contributed by atoms with van der Waals surface area (Å²) in [6, 6.07) is 1.96. The molecule has 9 nitrogen and oxygen atoms in total. The molecule has 1 aromatic heterocycles. The van der Waals surface area contributed by atoms with Crippen LogP contribution >= 0.6 is 0 Å². The number of aryl methyl sites for hydroxylation is 1. The Bertz CT molecular complexity index is 982. The maximum atomic E-state index is 11.5. The zero-order valence-corrected chi connectivity index (χ0v) is 47.4. The van der Waals surface area contributed by atoms with Crippen LogP contribution in [0.15, 0.2) is 15.7 Å². The summed E-state index contributed by atoms with van der Waals surface area (Å²) >= 11 is 0. The number of aromatic nitrogens is 1. The first-order valence-corrected chi connectivity index (χ1v) is 21.4. The van der Waals surface area contributed by atoms with Crippen molar-refractivity contribution in [3.8, 4) is 0 Å². The molecule has 4 heterocycles. The van der Waals surface area contributed by atoms with Crippen LogP contribution in [0.3, 0.4) is 0 Å². The topological polar surface area (TPSA) is 117 Å². The van der Waals surface area contributed by atoms with Gasteiger partial charge in [0.25, 0.3) is 0 Å². The number of hydrogen-bond acceptors (Lipinski definition) is 8. The summed E-state index contributed by atoms with van der Waals surface area (Å²) in [7, 11) is 0. The van der Waals surface area contributed by atoms with E-state index < -0.39 is 6.10 Å². The van der Waals surface area contributed by atoms with Gasteiger partial charge in [0.05, 0.1) is 16.8 Å². The van der Waals surface area contributed by atoms with Gasteiger partial charge in [-0.25, -0.2) is 0 Å². The summed E-state index contributed by atoms with van der Waals surface area (Å²) in [5.41, 5.74) is 1.86. The van der Waals surface area contributed by atoms with Crippen LogP contribution in [-0.4, -0.2) is 64.5 Å². The van der Waals surface area contributed by atoms with Gasteiger partial charge >= 0.3 is 0 Å². The van der Waals surface area contributed by atoms with Crippen LogP contribution in [0.2, 0.25) is 0 Å². The number of oxime groups is 1. The number of amides is 2. The Morgan fingerprint density at radius 1 is 0.803 bits per heavy atom. The molecule has 2 saturated heterocycles. The van der Waals surface area contributed by atoms with Gasteiger partial charge in [0.1, 0.15) is 11.9 Å². The first-order valence-electron chi connectivity index (χ1n) is 21.4. The smallest absolute Gasteiger partial charge is 0.235 e. The van der Waals surface area contributed by atoms with E-state index >= 15 is 0 Å². The zero-order valence-electron chi connectivity index (χ0n) is 41.5. The molecule has 1 spiro atoms. The van der Waals surface area contributed by atoms with Crippen LogP contribution < -0.4 is 5.32 Å². The van der Waals surface area contributed by atoms with Crippen molar-refractivity contribution in [2.24, 2.45) is 34.2 Å². The molecule has 376 valence electrons. The molecule has 0 radical (unpaired) electrons. The molecular formula is C50H108N4O5W2-6. The van der Waals surface area contributed by atoms with Gasteiger partial charge in [-0.1, -0.05) is 163 Å². The third-order valence-electron chi connectivity index (χ3n) is 6.43. The SMILES string of the molecule is C.C.C.CC.CC.CC.CC.CC(C)CN1CC2(CC(=O)NC2=O)C1.CC1CC(C(C)C)=NO1.Cc1cc(C(C)C)no1.[CH2-]C(C)C.[CH2-]C(O)C(C)C.[CH2-]C[CH2-].[CH2-]C[CH2-].[W].[W]. The van der Waals surface area contributed by atoms with Gasteiger partial charge in [-0.2, -0.15) is 5.92 Å². The Morgan fingerprint density at radius 3 is 1.33 bits per heavy atom. The van der Waals surface area contributed by atoms with Crippen LogP contribution in [0.4, 0.5) is 0 Å². The number of aliphatic hydroxyl groups excluding tert-OH is 1. The standard InChI is InChI=1S/C10H16N2O2.C7H13NO.C7H11NO.C5H11O.C4H9.2C3H6.4C2H6.3CH4.2W/c1-7(2)4-12-5-10(6-12)3-8(13)11-9(10)14;2*1-5(2)7-4-6(3)9-8-7;1-4(2)5(3)6;1-4(2)3;2*1-3-2;4*1-2;;;;;/h7H,3-6H2,1-2H3,(H,11,13,14);5-6H,4H2,1-3H3;4-5H,1-3H3;4-6H,3H2,1-2H3;4H,1H2,2-3H3;2*1-3H2;4*1-2H3;3*1H4;;/q;;;2*-1;2*-2;;;;;;;;;. The Labute approximate surface area is 414 Å². The molecular weight excluding hydrogens is 1100 g/mol. The molecule has 0 bridgehead atoms. The average Bonchev–Trinajstić information content (AvgIpc) is 3.84. The minimum atomic E-state index is -0.398. The Morgan fingerprint density at radius 2 is 1.16 bits per heavy atom. The van der Waals surface area contributed by atoms with E-state index in [0.29, 0.717) is 42.1 Å². The predicted octanol–water partition coefficient (Wildman–Crippen LogP) is 14.3. The molecule has 2 atom stereocenters. The van der Waals surface area contributed by atoms with Crippen molar-refractivity contribution in [3.05, 3.63) is 59.1 Å². The van der Waals surface area contributed by atoms with Gasteiger partial charge < -0.3 is 73.8 Å². The summed E-state index contributed by atoms with van der Waals surface area (Å²) in [6.07, 6.45) is 2.81. The average molecular weight is 1210 g/mol. The zero-order chi connectivity index (χ0) is 46.2. The molecule has 0 aliphatic carbocycles. The molecule has 61 heavy (non-hydrogen) atoms. The molecule has 4 rings (SSSR count). The molecule has 2 fully saturated rings. The van der Waals surface area contributed by atoms with Crippen LogP contribution in [0.25, 0.3) is 0 Å². The number of nitrogens with one attached hydrogen (secondary N) is 1. The molecule has 2 amide bonds. The van der Waals surface area contributed by atoms with E-state index in [0.717, 1.165) is 50.4 Å². The van der Waals surface area contributed by atoms with E-state index in [4.69, 9.17) is 14.5 Å². The molecule has 2 unspecified atom stereocenters.